The second kappa shape index (κ2) is 5.55. The lowest BCUT2D eigenvalue weighted by Crippen LogP contribution is -2.29. The fourth-order valence-corrected chi connectivity index (χ4v) is 2.16. The molecule has 1 aromatic carbocycles. The van der Waals surface area contributed by atoms with E-state index in [9.17, 15) is 4.79 Å². The number of para-hydroxylation sites is 1. The first kappa shape index (κ1) is 13.6. The zero-order chi connectivity index (χ0) is 14.8. The number of nitrogens with one attached hydrogen (secondary N) is 2. The SMILES string of the molecule is Cc1cccc(C)c1NC(=O)NCc1noc(C2CC2)n1. The molecule has 0 spiro atoms. The minimum absolute atomic E-state index is 0.257. The fraction of sp³-hybridized carbons (Fsp3) is 0.400. The van der Waals surface area contributed by atoms with Crippen LogP contribution in [-0.4, -0.2) is 16.2 Å². The van der Waals surface area contributed by atoms with Gasteiger partial charge in [-0.1, -0.05) is 23.4 Å². The van der Waals surface area contributed by atoms with Crippen LogP contribution in [0.1, 0.15) is 41.6 Å². The van der Waals surface area contributed by atoms with Crippen LogP contribution < -0.4 is 10.6 Å². The Morgan fingerprint density at radius 1 is 1.33 bits per heavy atom. The average molecular weight is 286 g/mol. The van der Waals surface area contributed by atoms with Gasteiger partial charge < -0.3 is 15.2 Å². The lowest BCUT2D eigenvalue weighted by molar-refractivity contribution is 0.251. The molecular weight excluding hydrogens is 268 g/mol. The Hall–Kier alpha value is -2.37. The zero-order valence-electron chi connectivity index (χ0n) is 12.1. The maximum Gasteiger partial charge on any atom is 0.319 e. The first-order chi connectivity index (χ1) is 10.1. The quantitative estimate of drug-likeness (QED) is 0.905. The van der Waals surface area contributed by atoms with E-state index < -0.39 is 0 Å². The molecule has 1 aromatic heterocycles. The van der Waals surface area contributed by atoms with Crippen molar-refractivity contribution in [3.63, 3.8) is 0 Å². The van der Waals surface area contributed by atoms with E-state index in [1.807, 2.05) is 32.0 Å². The van der Waals surface area contributed by atoms with E-state index in [4.69, 9.17) is 4.52 Å². The molecule has 1 saturated carbocycles. The van der Waals surface area contributed by atoms with Crippen LogP contribution in [0.15, 0.2) is 22.7 Å². The maximum atomic E-state index is 11.9. The van der Waals surface area contributed by atoms with Crippen molar-refractivity contribution in [1.82, 2.24) is 15.5 Å². The van der Waals surface area contributed by atoms with Gasteiger partial charge in [-0.2, -0.15) is 4.98 Å². The smallest absolute Gasteiger partial charge is 0.319 e. The molecule has 1 fully saturated rings. The van der Waals surface area contributed by atoms with Gasteiger partial charge in [-0.05, 0) is 37.8 Å². The molecule has 2 amide bonds. The predicted octanol–water partition coefficient (Wildman–Crippen LogP) is 2.89. The van der Waals surface area contributed by atoms with Crippen LogP contribution in [0.2, 0.25) is 0 Å². The van der Waals surface area contributed by atoms with Gasteiger partial charge in [-0.3, -0.25) is 0 Å². The van der Waals surface area contributed by atoms with E-state index >= 15 is 0 Å². The van der Waals surface area contributed by atoms with Crippen LogP contribution in [0.3, 0.4) is 0 Å². The summed E-state index contributed by atoms with van der Waals surface area (Å²) >= 11 is 0. The Kier molecular flexibility index (Phi) is 3.60. The number of rotatable bonds is 4. The molecule has 6 heteroatoms. The third-order valence-electron chi connectivity index (χ3n) is 3.54. The first-order valence-corrected chi connectivity index (χ1v) is 7.07. The van der Waals surface area contributed by atoms with Gasteiger partial charge in [-0.15, -0.1) is 0 Å². The fourth-order valence-electron chi connectivity index (χ4n) is 2.16. The van der Waals surface area contributed by atoms with E-state index in [2.05, 4.69) is 20.8 Å². The van der Waals surface area contributed by atoms with Gasteiger partial charge in [0, 0.05) is 11.6 Å². The Balaban J connectivity index is 1.56. The standard InChI is InChI=1S/C15H18N4O2/c1-9-4-3-5-10(2)13(9)18-15(20)16-8-12-17-14(21-19-12)11-6-7-11/h3-5,11H,6-8H2,1-2H3,(H2,16,18,20). The molecule has 21 heavy (non-hydrogen) atoms. The van der Waals surface area contributed by atoms with E-state index in [0.29, 0.717) is 17.6 Å². The summed E-state index contributed by atoms with van der Waals surface area (Å²) < 4.78 is 5.14. The molecule has 0 atom stereocenters. The number of carbonyl (C=O) groups excluding carboxylic acids is 1. The Morgan fingerprint density at radius 3 is 2.71 bits per heavy atom. The summed E-state index contributed by atoms with van der Waals surface area (Å²) in [4.78, 5) is 16.2. The number of aromatic nitrogens is 2. The highest BCUT2D eigenvalue weighted by molar-refractivity contribution is 5.90. The van der Waals surface area contributed by atoms with Crippen LogP contribution in [0.5, 0.6) is 0 Å². The molecule has 1 aliphatic carbocycles. The number of nitrogens with zero attached hydrogens (tertiary/aromatic N) is 2. The van der Waals surface area contributed by atoms with Crippen molar-refractivity contribution in [2.45, 2.75) is 39.2 Å². The molecule has 110 valence electrons. The highest BCUT2D eigenvalue weighted by Gasteiger charge is 2.29. The van der Waals surface area contributed by atoms with E-state index in [1.165, 1.54) is 0 Å². The number of hydrogen-bond donors (Lipinski definition) is 2. The second-order valence-corrected chi connectivity index (χ2v) is 5.40. The van der Waals surface area contributed by atoms with Crippen molar-refractivity contribution >= 4 is 11.7 Å². The highest BCUT2D eigenvalue weighted by atomic mass is 16.5. The molecular formula is C15H18N4O2. The predicted molar refractivity (Wildman–Crippen MR) is 78.0 cm³/mol. The first-order valence-electron chi connectivity index (χ1n) is 7.07. The Labute approximate surface area is 122 Å². The summed E-state index contributed by atoms with van der Waals surface area (Å²) in [6.07, 6.45) is 2.23. The number of hydrogen-bond acceptors (Lipinski definition) is 4. The van der Waals surface area contributed by atoms with Gasteiger partial charge >= 0.3 is 6.03 Å². The average Bonchev–Trinajstić information content (AvgIpc) is 3.20. The summed E-state index contributed by atoms with van der Waals surface area (Å²) in [7, 11) is 0. The van der Waals surface area contributed by atoms with E-state index in [0.717, 1.165) is 29.7 Å². The molecule has 2 N–H and O–H groups in total. The normalized spacial score (nSPS) is 14.0. The molecule has 6 nitrogen and oxygen atoms in total. The highest BCUT2D eigenvalue weighted by Crippen LogP contribution is 2.38. The lowest BCUT2D eigenvalue weighted by atomic mass is 10.1. The molecule has 0 radical (unpaired) electrons. The van der Waals surface area contributed by atoms with Gasteiger partial charge in [0.2, 0.25) is 5.89 Å². The molecule has 0 unspecified atom stereocenters. The van der Waals surface area contributed by atoms with Crippen molar-refractivity contribution in [2.75, 3.05) is 5.32 Å². The zero-order valence-corrected chi connectivity index (χ0v) is 12.1. The summed E-state index contributed by atoms with van der Waals surface area (Å²) in [5.41, 5.74) is 2.89. The van der Waals surface area contributed by atoms with Crippen LogP contribution >= 0.6 is 0 Å². The van der Waals surface area contributed by atoms with Crippen molar-refractivity contribution < 1.29 is 9.32 Å². The lowest BCUT2D eigenvalue weighted by Gasteiger charge is -2.11. The second-order valence-electron chi connectivity index (χ2n) is 5.40. The topological polar surface area (TPSA) is 80.0 Å². The molecule has 1 heterocycles. The van der Waals surface area contributed by atoms with Gasteiger partial charge in [0.15, 0.2) is 5.82 Å². The van der Waals surface area contributed by atoms with Gasteiger partial charge in [0.25, 0.3) is 0 Å². The van der Waals surface area contributed by atoms with Gasteiger partial charge in [0.05, 0.1) is 6.54 Å². The van der Waals surface area contributed by atoms with Crippen LogP contribution in [-0.2, 0) is 6.54 Å². The van der Waals surface area contributed by atoms with Crippen molar-refractivity contribution in [3.8, 4) is 0 Å². The molecule has 0 aliphatic heterocycles. The minimum Gasteiger partial charge on any atom is -0.339 e. The largest absolute Gasteiger partial charge is 0.339 e. The number of amides is 2. The molecule has 1 aliphatic rings. The molecule has 0 saturated heterocycles. The number of urea groups is 1. The summed E-state index contributed by atoms with van der Waals surface area (Å²) in [5.74, 6) is 1.62. The molecule has 2 aromatic rings. The Morgan fingerprint density at radius 2 is 2.05 bits per heavy atom. The van der Waals surface area contributed by atoms with Crippen molar-refractivity contribution in [1.29, 1.82) is 0 Å². The van der Waals surface area contributed by atoms with Crippen molar-refractivity contribution in [2.24, 2.45) is 0 Å². The third kappa shape index (κ3) is 3.21. The van der Waals surface area contributed by atoms with Crippen LogP contribution in [0.25, 0.3) is 0 Å². The Bertz CT molecular complexity index is 641. The molecule has 0 bridgehead atoms. The van der Waals surface area contributed by atoms with E-state index in [-0.39, 0.29) is 12.6 Å². The number of anilines is 1. The van der Waals surface area contributed by atoms with Gasteiger partial charge in [0.1, 0.15) is 0 Å². The summed E-state index contributed by atoms with van der Waals surface area (Å²) in [6, 6.07) is 5.62. The van der Waals surface area contributed by atoms with Crippen LogP contribution in [0.4, 0.5) is 10.5 Å². The minimum atomic E-state index is -0.273. The number of carbonyl (C=O) groups is 1. The third-order valence-corrected chi connectivity index (χ3v) is 3.54. The van der Waals surface area contributed by atoms with Crippen molar-refractivity contribution in [3.05, 3.63) is 41.0 Å². The number of benzene rings is 1. The summed E-state index contributed by atoms with van der Waals surface area (Å²) in [6.45, 7) is 4.18. The monoisotopic (exact) mass is 286 g/mol. The van der Waals surface area contributed by atoms with Gasteiger partial charge in [-0.25, -0.2) is 4.79 Å². The van der Waals surface area contributed by atoms with Crippen LogP contribution in [0, 0.1) is 13.8 Å². The summed E-state index contributed by atoms with van der Waals surface area (Å²) in [5, 5.41) is 9.46. The maximum absolute atomic E-state index is 11.9. The number of aryl methyl sites for hydroxylation is 2. The molecule has 3 rings (SSSR count). The van der Waals surface area contributed by atoms with E-state index in [1.54, 1.807) is 0 Å².